The molecule has 0 radical (unpaired) electrons. The number of aryl methyl sites for hydroxylation is 1. The van der Waals surface area contributed by atoms with Crippen molar-refractivity contribution in [1.82, 2.24) is 9.55 Å². The molecule has 3 nitrogen and oxygen atoms in total. The Morgan fingerprint density at radius 3 is 2.63 bits per heavy atom. The van der Waals surface area contributed by atoms with Crippen molar-refractivity contribution in [3.63, 3.8) is 0 Å². The van der Waals surface area contributed by atoms with Gasteiger partial charge in [0.25, 0.3) is 0 Å². The van der Waals surface area contributed by atoms with E-state index in [9.17, 15) is 13.2 Å². The minimum atomic E-state index is -4.49. The molecule has 0 unspecified atom stereocenters. The number of imidazole rings is 1. The molecule has 1 aromatic carbocycles. The van der Waals surface area contributed by atoms with E-state index < -0.39 is 18.3 Å². The van der Waals surface area contributed by atoms with Gasteiger partial charge in [-0.2, -0.15) is 13.2 Å². The van der Waals surface area contributed by atoms with Crippen molar-refractivity contribution in [2.75, 3.05) is 0 Å². The van der Waals surface area contributed by atoms with Crippen LogP contribution < -0.4 is 0 Å². The second-order valence-electron chi connectivity index (χ2n) is 4.06. The van der Waals surface area contributed by atoms with E-state index in [1.807, 2.05) is 6.92 Å². The van der Waals surface area contributed by atoms with Crippen LogP contribution in [0.25, 0.3) is 5.69 Å². The maximum atomic E-state index is 12.9. The summed E-state index contributed by atoms with van der Waals surface area (Å²) in [6.45, 7) is 1.24. The normalized spacial score (nSPS) is 11.8. The van der Waals surface area contributed by atoms with Gasteiger partial charge in [-0.15, -0.1) is 0 Å². The van der Waals surface area contributed by atoms with Crippen molar-refractivity contribution in [3.05, 3.63) is 47.5 Å². The first-order chi connectivity index (χ1) is 8.97. The molecule has 1 aromatic heterocycles. The zero-order chi connectivity index (χ0) is 14.0. The Kier molecular flexibility index (Phi) is 3.61. The lowest BCUT2D eigenvalue weighted by Crippen LogP contribution is -2.11. The van der Waals surface area contributed by atoms with Gasteiger partial charge in [0, 0.05) is 24.5 Å². The number of aliphatic hydroxyl groups is 1. The molecule has 0 aliphatic carbocycles. The molecule has 0 saturated heterocycles. The van der Waals surface area contributed by atoms with Gasteiger partial charge in [-0.3, -0.25) is 0 Å². The largest absolute Gasteiger partial charge is 0.416 e. The van der Waals surface area contributed by atoms with Gasteiger partial charge in [0.2, 0.25) is 0 Å². The Morgan fingerprint density at radius 1 is 1.32 bits per heavy atom. The molecule has 0 bridgehead atoms. The maximum absolute atomic E-state index is 12.9. The van der Waals surface area contributed by atoms with Gasteiger partial charge >= 0.3 is 6.18 Å². The quantitative estimate of drug-likeness (QED) is 0.931. The van der Waals surface area contributed by atoms with E-state index in [4.69, 9.17) is 5.11 Å². The number of halogens is 3. The van der Waals surface area contributed by atoms with Crippen LogP contribution in [-0.4, -0.2) is 14.7 Å². The predicted octanol–water partition coefficient (Wildman–Crippen LogP) is 2.95. The van der Waals surface area contributed by atoms with Crippen LogP contribution in [0.15, 0.2) is 30.6 Å². The summed E-state index contributed by atoms with van der Waals surface area (Å²) in [6, 6.07) is 3.87. The van der Waals surface area contributed by atoms with Crippen molar-refractivity contribution in [2.45, 2.75) is 26.1 Å². The fraction of sp³-hybridized carbons (Fsp3) is 0.308. The summed E-state index contributed by atoms with van der Waals surface area (Å²) in [5, 5.41) is 8.98. The van der Waals surface area contributed by atoms with Crippen LogP contribution in [-0.2, 0) is 19.2 Å². The molecule has 102 valence electrons. The second kappa shape index (κ2) is 5.05. The average molecular weight is 270 g/mol. The van der Waals surface area contributed by atoms with Crippen molar-refractivity contribution < 1.29 is 18.3 Å². The number of benzene rings is 1. The molecular formula is C13H13F3N2O. The van der Waals surface area contributed by atoms with Crippen molar-refractivity contribution in [1.29, 1.82) is 0 Å². The molecule has 2 aromatic rings. The number of rotatable bonds is 3. The highest BCUT2D eigenvalue weighted by molar-refractivity contribution is 5.42. The Balaban J connectivity index is 2.55. The van der Waals surface area contributed by atoms with E-state index in [2.05, 4.69) is 4.98 Å². The van der Waals surface area contributed by atoms with E-state index in [1.54, 1.807) is 23.0 Å². The van der Waals surface area contributed by atoms with Crippen molar-refractivity contribution >= 4 is 0 Å². The number of hydrogen-bond donors (Lipinski definition) is 1. The molecule has 0 spiro atoms. The third kappa shape index (κ3) is 2.63. The average Bonchev–Trinajstić information content (AvgIpc) is 2.85. The van der Waals surface area contributed by atoms with Gasteiger partial charge in [0.05, 0.1) is 12.2 Å². The molecule has 1 heterocycles. The minimum Gasteiger partial charge on any atom is -0.392 e. The highest BCUT2D eigenvalue weighted by atomic mass is 19.4. The topological polar surface area (TPSA) is 38.0 Å². The summed E-state index contributed by atoms with van der Waals surface area (Å²) in [7, 11) is 0. The first kappa shape index (κ1) is 13.6. The summed E-state index contributed by atoms with van der Waals surface area (Å²) in [5.41, 5.74) is -0.559. The van der Waals surface area contributed by atoms with E-state index in [-0.39, 0.29) is 5.56 Å². The van der Waals surface area contributed by atoms with Gasteiger partial charge < -0.3 is 9.67 Å². The maximum Gasteiger partial charge on any atom is 0.416 e. The zero-order valence-corrected chi connectivity index (χ0v) is 10.3. The van der Waals surface area contributed by atoms with Crippen LogP contribution in [0.3, 0.4) is 0 Å². The third-order valence-corrected chi connectivity index (χ3v) is 2.88. The first-order valence-electron chi connectivity index (χ1n) is 5.81. The standard InChI is InChI=1S/C13H13F3N2O/c1-2-12-17-5-6-18(12)10-4-3-9(8-19)11(7-10)13(14,15)16/h3-7,19H,2,8H2,1H3. The Morgan fingerprint density at radius 2 is 2.05 bits per heavy atom. The second-order valence-corrected chi connectivity index (χ2v) is 4.06. The van der Waals surface area contributed by atoms with Gasteiger partial charge in [0.1, 0.15) is 5.82 Å². The summed E-state index contributed by atoms with van der Waals surface area (Å²) < 4.78 is 40.3. The summed E-state index contributed by atoms with van der Waals surface area (Å²) >= 11 is 0. The molecular weight excluding hydrogens is 257 g/mol. The highest BCUT2D eigenvalue weighted by Gasteiger charge is 2.33. The predicted molar refractivity (Wildman–Crippen MR) is 63.9 cm³/mol. The lowest BCUT2D eigenvalue weighted by Gasteiger charge is -2.14. The number of aromatic nitrogens is 2. The minimum absolute atomic E-state index is 0.130. The molecule has 0 atom stereocenters. The first-order valence-corrected chi connectivity index (χ1v) is 5.81. The van der Waals surface area contributed by atoms with E-state index in [1.165, 1.54) is 6.07 Å². The lowest BCUT2D eigenvalue weighted by molar-refractivity contribution is -0.138. The van der Waals surface area contributed by atoms with Crippen molar-refractivity contribution in [3.8, 4) is 5.69 Å². The molecule has 0 aliphatic heterocycles. The van der Waals surface area contributed by atoms with Crippen LogP contribution in [0, 0.1) is 0 Å². The number of aliphatic hydroxyl groups excluding tert-OH is 1. The van der Waals surface area contributed by atoms with Crippen LogP contribution >= 0.6 is 0 Å². The van der Waals surface area contributed by atoms with Crippen LogP contribution in [0.4, 0.5) is 13.2 Å². The molecule has 0 saturated carbocycles. The van der Waals surface area contributed by atoms with E-state index in [0.29, 0.717) is 17.9 Å². The molecule has 0 fully saturated rings. The van der Waals surface area contributed by atoms with E-state index in [0.717, 1.165) is 6.07 Å². The van der Waals surface area contributed by atoms with Crippen LogP contribution in [0.2, 0.25) is 0 Å². The Bertz CT molecular complexity index is 576. The van der Waals surface area contributed by atoms with Gasteiger partial charge in [-0.25, -0.2) is 4.98 Å². The monoisotopic (exact) mass is 270 g/mol. The summed E-state index contributed by atoms with van der Waals surface area (Å²) in [5.74, 6) is 0.685. The Labute approximate surface area is 108 Å². The SMILES string of the molecule is CCc1nccn1-c1ccc(CO)c(C(F)(F)F)c1. The third-order valence-electron chi connectivity index (χ3n) is 2.88. The van der Waals surface area contributed by atoms with Crippen LogP contribution in [0.5, 0.6) is 0 Å². The Hall–Kier alpha value is -1.82. The van der Waals surface area contributed by atoms with Gasteiger partial charge in [-0.1, -0.05) is 13.0 Å². The molecule has 19 heavy (non-hydrogen) atoms. The number of hydrogen-bond acceptors (Lipinski definition) is 2. The summed E-state index contributed by atoms with van der Waals surface area (Å²) in [6.07, 6.45) is -0.698. The fourth-order valence-electron chi connectivity index (χ4n) is 1.95. The molecule has 0 amide bonds. The molecule has 2 rings (SSSR count). The highest BCUT2D eigenvalue weighted by Crippen LogP contribution is 2.33. The van der Waals surface area contributed by atoms with E-state index >= 15 is 0 Å². The number of nitrogens with zero attached hydrogens (tertiary/aromatic N) is 2. The number of alkyl halides is 3. The van der Waals surface area contributed by atoms with Crippen LogP contribution in [0.1, 0.15) is 23.9 Å². The van der Waals surface area contributed by atoms with Crippen molar-refractivity contribution in [2.24, 2.45) is 0 Å². The van der Waals surface area contributed by atoms with Gasteiger partial charge in [0.15, 0.2) is 0 Å². The molecule has 1 N–H and O–H groups in total. The fourth-order valence-corrected chi connectivity index (χ4v) is 1.95. The summed E-state index contributed by atoms with van der Waals surface area (Å²) in [4.78, 5) is 4.08. The lowest BCUT2D eigenvalue weighted by atomic mass is 10.1. The molecule has 6 heteroatoms. The zero-order valence-electron chi connectivity index (χ0n) is 10.3. The smallest absolute Gasteiger partial charge is 0.392 e. The molecule has 0 aliphatic rings. The van der Waals surface area contributed by atoms with Gasteiger partial charge in [-0.05, 0) is 17.7 Å².